The van der Waals surface area contributed by atoms with Crippen LogP contribution in [-0.2, 0) is 4.79 Å². The van der Waals surface area contributed by atoms with Gasteiger partial charge in [-0.25, -0.2) is 4.39 Å². The molecular weight excluding hydrogens is 391 g/mol. The molecule has 0 aromatic heterocycles. The van der Waals surface area contributed by atoms with Crippen molar-refractivity contribution in [1.82, 2.24) is 0 Å². The summed E-state index contributed by atoms with van der Waals surface area (Å²) in [5.41, 5.74) is 0.954. The lowest BCUT2D eigenvalue weighted by molar-refractivity contribution is -0.114. The number of anilines is 2. The predicted molar refractivity (Wildman–Crippen MR) is 85.4 cm³/mol. The smallest absolute Gasteiger partial charge is 0.243 e. The Morgan fingerprint density at radius 2 is 1.90 bits per heavy atom. The number of rotatable bonds is 4. The summed E-state index contributed by atoms with van der Waals surface area (Å²) in [6, 6.07) is 11.9. The maximum atomic E-state index is 13.6. The van der Waals surface area contributed by atoms with Gasteiger partial charge in [0.2, 0.25) is 5.91 Å². The lowest BCUT2D eigenvalue weighted by Gasteiger charge is -2.10. The Balaban J connectivity index is 1.96. The molecule has 1 amide bonds. The van der Waals surface area contributed by atoms with Gasteiger partial charge in [-0.3, -0.25) is 4.79 Å². The largest absolute Gasteiger partial charge is 0.373 e. The molecule has 3 nitrogen and oxygen atoms in total. The van der Waals surface area contributed by atoms with Crippen molar-refractivity contribution in [2.75, 3.05) is 17.2 Å². The molecular formula is C14H11Br2FN2O. The van der Waals surface area contributed by atoms with E-state index in [2.05, 4.69) is 42.5 Å². The zero-order valence-electron chi connectivity index (χ0n) is 10.3. The second kappa shape index (κ2) is 6.85. The molecule has 0 radical (unpaired) electrons. The number of carbonyl (C=O) groups is 1. The lowest BCUT2D eigenvalue weighted by Crippen LogP contribution is -2.22. The molecule has 2 aromatic carbocycles. The standard InChI is InChI=1S/C14H11Br2FN2O/c15-9-3-1-4-10(7-9)19-13(20)8-18-14-11(16)5-2-6-12(14)17/h1-7,18H,8H2,(H,19,20). The maximum Gasteiger partial charge on any atom is 0.243 e. The second-order valence-corrected chi connectivity index (χ2v) is 5.78. The molecule has 0 saturated heterocycles. The summed E-state index contributed by atoms with van der Waals surface area (Å²) in [6.45, 7) is -0.0218. The topological polar surface area (TPSA) is 41.1 Å². The number of hydrogen-bond donors (Lipinski definition) is 2. The molecule has 0 unspecified atom stereocenters. The quantitative estimate of drug-likeness (QED) is 0.797. The van der Waals surface area contributed by atoms with E-state index < -0.39 is 5.82 Å². The van der Waals surface area contributed by atoms with Crippen LogP contribution in [0.5, 0.6) is 0 Å². The lowest BCUT2D eigenvalue weighted by atomic mass is 10.3. The van der Waals surface area contributed by atoms with Gasteiger partial charge in [0.1, 0.15) is 5.82 Å². The molecule has 0 aliphatic heterocycles. The first kappa shape index (κ1) is 15.0. The molecule has 20 heavy (non-hydrogen) atoms. The predicted octanol–water partition coefficient (Wildman–Crippen LogP) is 4.40. The third kappa shape index (κ3) is 4.05. The van der Waals surface area contributed by atoms with Crippen LogP contribution in [0.1, 0.15) is 0 Å². The van der Waals surface area contributed by atoms with E-state index in [0.717, 1.165) is 4.47 Å². The van der Waals surface area contributed by atoms with Gasteiger partial charge >= 0.3 is 0 Å². The molecule has 0 aliphatic rings. The van der Waals surface area contributed by atoms with E-state index in [-0.39, 0.29) is 18.1 Å². The average molecular weight is 402 g/mol. The minimum absolute atomic E-state index is 0.0218. The van der Waals surface area contributed by atoms with Crippen LogP contribution in [0.4, 0.5) is 15.8 Å². The van der Waals surface area contributed by atoms with Crippen molar-refractivity contribution < 1.29 is 9.18 Å². The molecule has 0 aliphatic carbocycles. The van der Waals surface area contributed by atoms with Crippen LogP contribution in [0.2, 0.25) is 0 Å². The molecule has 2 rings (SSSR count). The van der Waals surface area contributed by atoms with Gasteiger partial charge in [-0.2, -0.15) is 0 Å². The van der Waals surface area contributed by atoms with Crippen LogP contribution in [0, 0.1) is 5.82 Å². The Hall–Kier alpha value is -1.40. The Kier molecular flexibility index (Phi) is 5.14. The summed E-state index contributed by atoms with van der Waals surface area (Å²) in [5.74, 6) is -0.659. The van der Waals surface area contributed by atoms with Crippen LogP contribution < -0.4 is 10.6 Å². The van der Waals surface area contributed by atoms with Crippen molar-refractivity contribution in [3.63, 3.8) is 0 Å². The van der Waals surface area contributed by atoms with Crippen molar-refractivity contribution in [2.45, 2.75) is 0 Å². The minimum Gasteiger partial charge on any atom is -0.373 e. The second-order valence-electron chi connectivity index (χ2n) is 4.01. The highest BCUT2D eigenvalue weighted by Gasteiger charge is 2.08. The number of nitrogens with one attached hydrogen (secondary N) is 2. The third-order valence-corrected chi connectivity index (χ3v) is 3.65. The van der Waals surface area contributed by atoms with Crippen LogP contribution in [0.15, 0.2) is 51.4 Å². The van der Waals surface area contributed by atoms with Gasteiger partial charge in [0.25, 0.3) is 0 Å². The molecule has 104 valence electrons. The van der Waals surface area contributed by atoms with E-state index in [1.165, 1.54) is 6.07 Å². The highest BCUT2D eigenvalue weighted by Crippen LogP contribution is 2.24. The summed E-state index contributed by atoms with van der Waals surface area (Å²) in [4.78, 5) is 11.8. The zero-order chi connectivity index (χ0) is 14.5. The van der Waals surface area contributed by atoms with E-state index in [1.807, 2.05) is 12.1 Å². The van der Waals surface area contributed by atoms with Crippen molar-refractivity contribution in [2.24, 2.45) is 0 Å². The van der Waals surface area contributed by atoms with Crippen LogP contribution in [0.25, 0.3) is 0 Å². The van der Waals surface area contributed by atoms with Crippen molar-refractivity contribution in [3.8, 4) is 0 Å². The fourth-order valence-electron chi connectivity index (χ4n) is 1.61. The van der Waals surface area contributed by atoms with Crippen LogP contribution >= 0.6 is 31.9 Å². The summed E-state index contributed by atoms with van der Waals surface area (Å²) in [7, 11) is 0. The molecule has 2 N–H and O–H groups in total. The highest BCUT2D eigenvalue weighted by atomic mass is 79.9. The van der Waals surface area contributed by atoms with E-state index in [4.69, 9.17) is 0 Å². The summed E-state index contributed by atoms with van der Waals surface area (Å²) >= 11 is 6.56. The number of para-hydroxylation sites is 1. The van der Waals surface area contributed by atoms with Crippen molar-refractivity contribution >= 4 is 49.1 Å². The average Bonchev–Trinajstić information content (AvgIpc) is 2.38. The summed E-state index contributed by atoms with van der Waals surface area (Å²) in [6.07, 6.45) is 0. The monoisotopic (exact) mass is 400 g/mol. The molecule has 6 heteroatoms. The van der Waals surface area contributed by atoms with Gasteiger partial charge in [0.05, 0.1) is 12.2 Å². The molecule has 2 aromatic rings. The number of hydrogen-bond acceptors (Lipinski definition) is 2. The third-order valence-electron chi connectivity index (χ3n) is 2.50. The van der Waals surface area contributed by atoms with Gasteiger partial charge in [0, 0.05) is 14.6 Å². The van der Waals surface area contributed by atoms with Gasteiger partial charge in [0.15, 0.2) is 0 Å². The molecule has 0 fully saturated rings. The maximum absolute atomic E-state index is 13.6. The summed E-state index contributed by atoms with van der Waals surface area (Å²) in [5, 5.41) is 5.49. The first-order chi connectivity index (χ1) is 9.56. The molecule has 0 spiro atoms. The van der Waals surface area contributed by atoms with Gasteiger partial charge < -0.3 is 10.6 Å². The fraction of sp³-hybridized carbons (Fsp3) is 0.0714. The SMILES string of the molecule is O=C(CNc1c(F)cccc1Br)Nc1cccc(Br)c1. The Morgan fingerprint density at radius 3 is 2.60 bits per heavy atom. The molecule has 0 heterocycles. The van der Waals surface area contributed by atoms with E-state index in [1.54, 1.807) is 24.3 Å². The van der Waals surface area contributed by atoms with Crippen LogP contribution in [-0.4, -0.2) is 12.5 Å². The Labute approximate surface area is 132 Å². The fourth-order valence-corrected chi connectivity index (χ4v) is 2.49. The number of benzene rings is 2. The number of halogens is 3. The normalized spacial score (nSPS) is 10.2. The molecule has 0 saturated carbocycles. The van der Waals surface area contributed by atoms with E-state index in [9.17, 15) is 9.18 Å². The van der Waals surface area contributed by atoms with Gasteiger partial charge in [-0.1, -0.05) is 28.1 Å². The summed E-state index contributed by atoms with van der Waals surface area (Å²) < 4.78 is 15.0. The van der Waals surface area contributed by atoms with Crippen molar-refractivity contribution in [3.05, 3.63) is 57.2 Å². The first-order valence-corrected chi connectivity index (χ1v) is 7.38. The number of amides is 1. The minimum atomic E-state index is -0.408. The van der Waals surface area contributed by atoms with Crippen LogP contribution in [0.3, 0.4) is 0 Å². The zero-order valence-corrected chi connectivity index (χ0v) is 13.5. The molecule has 0 atom stereocenters. The first-order valence-electron chi connectivity index (χ1n) is 5.79. The van der Waals surface area contributed by atoms with E-state index in [0.29, 0.717) is 10.2 Å². The molecule has 0 bridgehead atoms. The Bertz CT molecular complexity index is 614. The Morgan fingerprint density at radius 1 is 1.15 bits per heavy atom. The highest BCUT2D eigenvalue weighted by molar-refractivity contribution is 9.10. The van der Waals surface area contributed by atoms with Gasteiger partial charge in [-0.05, 0) is 46.3 Å². The number of carbonyl (C=O) groups excluding carboxylic acids is 1. The van der Waals surface area contributed by atoms with Gasteiger partial charge in [-0.15, -0.1) is 0 Å². The van der Waals surface area contributed by atoms with Crippen molar-refractivity contribution in [1.29, 1.82) is 0 Å². The van der Waals surface area contributed by atoms with E-state index >= 15 is 0 Å².